The fraction of sp³-hybridized carbons (Fsp3) is 0.0500. The Labute approximate surface area is 141 Å². The molecular weight excluding hydrogens is 298 g/mol. The van der Waals surface area contributed by atoms with Crippen LogP contribution in [0.3, 0.4) is 0 Å². The number of azo groups is 1. The third-order valence-electron chi connectivity index (χ3n) is 2.89. The molecule has 0 atom stereocenters. The number of nitrogens with zero attached hydrogens (tertiary/aromatic N) is 2. The highest BCUT2D eigenvalue weighted by Crippen LogP contribution is 2.16. The number of hydrogen-bond donors (Lipinski definition) is 1. The van der Waals surface area contributed by atoms with Gasteiger partial charge in [-0.05, 0) is 36.4 Å². The van der Waals surface area contributed by atoms with Crippen LogP contribution in [-0.4, -0.2) is 5.91 Å². The Balaban J connectivity index is 0.000000185. The maximum atomic E-state index is 10.5. The number of rotatable bonds is 3. The number of nitrogens with one attached hydrogen (secondary N) is 1. The minimum atomic E-state index is -0.0359. The molecule has 0 fully saturated rings. The molecule has 3 aromatic carbocycles. The van der Waals surface area contributed by atoms with Crippen LogP contribution < -0.4 is 5.32 Å². The van der Waals surface area contributed by atoms with E-state index in [1.807, 2.05) is 91.0 Å². The zero-order valence-corrected chi connectivity index (χ0v) is 13.5. The summed E-state index contributed by atoms with van der Waals surface area (Å²) in [6.07, 6.45) is 0. The molecule has 0 aliphatic heterocycles. The summed E-state index contributed by atoms with van der Waals surface area (Å²) in [6.45, 7) is 1.49. The summed E-state index contributed by atoms with van der Waals surface area (Å²) in [5.41, 5.74) is 2.59. The van der Waals surface area contributed by atoms with Gasteiger partial charge in [0.25, 0.3) is 0 Å². The van der Waals surface area contributed by atoms with E-state index >= 15 is 0 Å². The summed E-state index contributed by atoms with van der Waals surface area (Å²) in [4.78, 5) is 10.5. The number of anilines is 1. The first-order chi connectivity index (χ1) is 11.7. The summed E-state index contributed by atoms with van der Waals surface area (Å²) in [6, 6.07) is 28.8. The Morgan fingerprint density at radius 1 is 0.667 bits per heavy atom. The molecule has 4 nitrogen and oxygen atoms in total. The van der Waals surface area contributed by atoms with Crippen LogP contribution in [0.2, 0.25) is 0 Å². The summed E-state index contributed by atoms with van der Waals surface area (Å²) >= 11 is 0. The fourth-order valence-electron chi connectivity index (χ4n) is 1.83. The summed E-state index contributed by atoms with van der Waals surface area (Å²) in [7, 11) is 0. The molecule has 0 heterocycles. The number of carbonyl (C=O) groups excluding carboxylic acids is 1. The van der Waals surface area contributed by atoms with Crippen molar-refractivity contribution in [1.29, 1.82) is 0 Å². The van der Waals surface area contributed by atoms with Crippen molar-refractivity contribution < 1.29 is 4.79 Å². The molecule has 0 unspecified atom stereocenters. The lowest BCUT2D eigenvalue weighted by molar-refractivity contribution is -0.114. The summed E-state index contributed by atoms with van der Waals surface area (Å²) in [5, 5.41) is 10.9. The van der Waals surface area contributed by atoms with Crippen molar-refractivity contribution in [3.63, 3.8) is 0 Å². The predicted molar refractivity (Wildman–Crippen MR) is 97.8 cm³/mol. The van der Waals surface area contributed by atoms with E-state index in [9.17, 15) is 4.79 Å². The molecule has 0 aromatic heterocycles. The van der Waals surface area contributed by atoms with Gasteiger partial charge in [-0.15, -0.1) is 0 Å². The van der Waals surface area contributed by atoms with E-state index in [1.165, 1.54) is 6.92 Å². The lowest BCUT2D eigenvalue weighted by atomic mass is 10.3. The molecular formula is C20H19N3O. The second-order valence-corrected chi connectivity index (χ2v) is 4.92. The molecule has 0 saturated heterocycles. The maximum Gasteiger partial charge on any atom is 0.221 e. The zero-order valence-electron chi connectivity index (χ0n) is 13.5. The lowest BCUT2D eigenvalue weighted by Crippen LogP contribution is -2.04. The highest BCUT2D eigenvalue weighted by atomic mass is 16.1. The van der Waals surface area contributed by atoms with Crippen molar-refractivity contribution in [2.75, 3.05) is 5.32 Å². The molecule has 0 radical (unpaired) electrons. The monoisotopic (exact) mass is 317 g/mol. The Morgan fingerprint density at radius 3 is 1.42 bits per heavy atom. The van der Waals surface area contributed by atoms with Crippen LogP contribution in [0.4, 0.5) is 17.1 Å². The molecule has 120 valence electrons. The quantitative estimate of drug-likeness (QED) is 0.615. The minimum absolute atomic E-state index is 0.0359. The average molecular weight is 317 g/mol. The zero-order chi connectivity index (χ0) is 17.0. The fourth-order valence-corrected chi connectivity index (χ4v) is 1.83. The van der Waals surface area contributed by atoms with E-state index in [0.29, 0.717) is 0 Å². The van der Waals surface area contributed by atoms with Crippen LogP contribution in [0.5, 0.6) is 0 Å². The largest absolute Gasteiger partial charge is 0.326 e. The molecule has 4 heteroatoms. The summed E-state index contributed by atoms with van der Waals surface area (Å²) < 4.78 is 0. The molecule has 3 rings (SSSR count). The lowest BCUT2D eigenvalue weighted by Gasteiger charge is -1.98. The van der Waals surface area contributed by atoms with Crippen LogP contribution in [-0.2, 0) is 4.79 Å². The Kier molecular flexibility index (Phi) is 6.90. The van der Waals surface area contributed by atoms with Crippen molar-refractivity contribution in [3.8, 4) is 0 Å². The second kappa shape index (κ2) is 9.69. The van der Waals surface area contributed by atoms with Crippen molar-refractivity contribution in [2.24, 2.45) is 10.2 Å². The van der Waals surface area contributed by atoms with Gasteiger partial charge in [-0.25, -0.2) is 0 Å². The van der Waals surface area contributed by atoms with Gasteiger partial charge in [0.05, 0.1) is 11.4 Å². The number of amides is 1. The number of hydrogen-bond acceptors (Lipinski definition) is 3. The Hall–Kier alpha value is -3.27. The van der Waals surface area contributed by atoms with E-state index in [1.54, 1.807) is 0 Å². The Morgan fingerprint density at radius 2 is 1.04 bits per heavy atom. The summed E-state index contributed by atoms with van der Waals surface area (Å²) in [5.74, 6) is -0.0359. The molecule has 3 aromatic rings. The minimum Gasteiger partial charge on any atom is -0.326 e. The molecule has 1 amide bonds. The standard InChI is InChI=1S/C12H10N2.C8H9NO/c1-3-7-11(8-4-1)13-14-12-9-5-2-6-10-12;1-7(10)9-8-5-3-2-4-6-8/h1-10H;2-6H,1H3,(H,9,10)/b14-13+;. The smallest absolute Gasteiger partial charge is 0.221 e. The third-order valence-corrected chi connectivity index (χ3v) is 2.89. The van der Waals surface area contributed by atoms with Crippen LogP contribution in [0, 0.1) is 0 Å². The van der Waals surface area contributed by atoms with Gasteiger partial charge < -0.3 is 5.32 Å². The second-order valence-electron chi connectivity index (χ2n) is 4.92. The first-order valence-electron chi connectivity index (χ1n) is 7.58. The van der Waals surface area contributed by atoms with Crippen LogP contribution in [0.25, 0.3) is 0 Å². The van der Waals surface area contributed by atoms with E-state index < -0.39 is 0 Å². The van der Waals surface area contributed by atoms with Gasteiger partial charge >= 0.3 is 0 Å². The predicted octanol–water partition coefficient (Wildman–Crippen LogP) is 5.75. The van der Waals surface area contributed by atoms with Crippen LogP contribution in [0.1, 0.15) is 6.92 Å². The molecule has 0 saturated carbocycles. The first kappa shape index (κ1) is 17.1. The topological polar surface area (TPSA) is 53.8 Å². The molecule has 1 N–H and O–H groups in total. The van der Waals surface area contributed by atoms with E-state index in [0.717, 1.165) is 17.1 Å². The van der Waals surface area contributed by atoms with Crippen molar-refractivity contribution in [3.05, 3.63) is 91.0 Å². The molecule has 24 heavy (non-hydrogen) atoms. The van der Waals surface area contributed by atoms with Crippen molar-refractivity contribution in [2.45, 2.75) is 6.92 Å². The van der Waals surface area contributed by atoms with E-state index in [4.69, 9.17) is 0 Å². The van der Waals surface area contributed by atoms with Gasteiger partial charge in [-0.2, -0.15) is 10.2 Å². The molecule has 0 aliphatic carbocycles. The normalized spacial score (nSPS) is 9.88. The van der Waals surface area contributed by atoms with E-state index in [2.05, 4.69) is 15.5 Å². The maximum absolute atomic E-state index is 10.5. The highest BCUT2D eigenvalue weighted by molar-refractivity contribution is 5.88. The third kappa shape index (κ3) is 6.66. The van der Waals surface area contributed by atoms with Gasteiger partial charge in [-0.1, -0.05) is 54.6 Å². The highest BCUT2D eigenvalue weighted by Gasteiger charge is 1.90. The van der Waals surface area contributed by atoms with Crippen LogP contribution in [0.15, 0.2) is 101 Å². The van der Waals surface area contributed by atoms with Crippen LogP contribution >= 0.6 is 0 Å². The number of carbonyl (C=O) groups is 1. The van der Waals surface area contributed by atoms with Gasteiger partial charge in [0, 0.05) is 12.6 Å². The van der Waals surface area contributed by atoms with Gasteiger partial charge in [-0.3, -0.25) is 4.79 Å². The van der Waals surface area contributed by atoms with Gasteiger partial charge in [0.2, 0.25) is 5.91 Å². The number of benzene rings is 3. The Bertz CT molecular complexity index is 715. The SMILES string of the molecule is CC(=O)Nc1ccccc1.c1ccc(/N=N/c2ccccc2)cc1. The van der Waals surface area contributed by atoms with Gasteiger partial charge in [0.15, 0.2) is 0 Å². The van der Waals surface area contributed by atoms with Crippen molar-refractivity contribution >= 4 is 23.0 Å². The average Bonchev–Trinajstić information content (AvgIpc) is 2.63. The van der Waals surface area contributed by atoms with Crippen molar-refractivity contribution in [1.82, 2.24) is 0 Å². The number of para-hydroxylation sites is 1. The van der Waals surface area contributed by atoms with E-state index in [-0.39, 0.29) is 5.91 Å². The molecule has 0 bridgehead atoms. The molecule has 0 spiro atoms. The van der Waals surface area contributed by atoms with Gasteiger partial charge in [0.1, 0.15) is 0 Å². The first-order valence-corrected chi connectivity index (χ1v) is 7.58. The molecule has 0 aliphatic rings.